The molecule has 0 unspecified atom stereocenters. The van der Waals surface area contributed by atoms with Crippen LogP contribution >= 0.6 is 0 Å². The molecule has 14 heavy (non-hydrogen) atoms. The van der Waals surface area contributed by atoms with Gasteiger partial charge in [-0.2, -0.15) is 0 Å². The predicted octanol–water partition coefficient (Wildman–Crippen LogP) is 1.40. The lowest BCUT2D eigenvalue weighted by atomic mass is 10.2. The third-order valence-corrected chi connectivity index (χ3v) is 2.66. The summed E-state index contributed by atoms with van der Waals surface area (Å²) in [4.78, 5) is 6.74. The molecule has 2 rings (SSSR count). The lowest BCUT2D eigenvalue weighted by molar-refractivity contribution is 0.794. The van der Waals surface area contributed by atoms with E-state index < -0.39 is 0 Å². The maximum atomic E-state index is 4.44. The predicted molar refractivity (Wildman–Crippen MR) is 58.4 cm³/mol. The summed E-state index contributed by atoms with van der Waals surface area (Å²) in [6, 6.07) is 4.86. The van der Waals surface area contributed by atoms with Crippen molar-refractivity contribution in [1.29, 1.82) is 0 Å². The minimum Gasteiger partial charge on any atom is -0.356 e. The molecule has 1 aliphatic rings. The molecular weight excluding hydrogens is 174 g/mol. The summed E-state index contributed by atoms with van der Waals surface area (Å²) >= 11 is 0. The summed E-state index contributed by atoms with van der Waals surface area (Å²) in [6.07, 6.45) is 4.49. The van der Waals surface area contributed by atoms with E-state index in [9.17, 15) is 0 Å². The molecule has 1 fully saturated rings. The molecule has 0 amide bonds. The maximum Gasteiger partial charge on any atom is 0.132 e. The fourth-order valence-corrected chi connectivity index (χ4v) is 1.71. The van der Waals surface area contributed by atoms with E-state index in [2.05, 4.69) is 28.3 Å². The van der Waals surface area contributed by atoms with Crippen LogP contribution in [0.1, 0.15) is 18.4 Å². The molecule has 0 atom stereocenters. The molecule has 1 N–H and O–H groups in total. The smallest absolute Gasteiger partial charge is 0.132 e. The quantitative estimate of drug-likeness (QED) is 0.779. The van der Waals surface area contributed by atoms with Crippen LogP contribution in [-0.2, 0) is 6.54 Å². The van der Waals surface area contributed by atoms with Gasteiger partial charge in [-0.25, -0.2) is 4.98 Å². The van der Waals surface area contributed by atoms with E-state index in [0.29, 0.717) is 0 Å². The van der Waals surface area contributed by atoms with Crippen LogP contribution < -0.4 is 10.2 Å². The number of pyridine rings is 1. The monoisotopic (exact) mass is 191 g/mol. The van der Waals surface area contributed by atoms with Crippen LogP contribution in [0.4, 0.5) is 5.82 Å². The Morgan fingerprint density at radius 2 is 2.36 bits per heavy atom. The summed E-state index contributed by atoms with van der Waals surface area (Å²) in [7, 11) is 4.10. The van der Waals surface area contributed by atoms with Gasteiger partial charge < -0.3 is 10.2 Å². The second-order valence-electron chi connectivity index (χ2n) is 3.86. The Labute approximate surface area is 85.1 Å². The second-order valence-corrected chi connectivity index (χ2v) is 3.86. The van der Waals surface area contributed by atoms with Gasteiger partial charge in [-0.15, -0.1) is 0 Å². The molecule has 1 heterocycles. The normalized spacial score (nSPS) is 15.6. The molecule has 0 bridgehead atoms. The van der Waals surface area contributed by atoms with Crippen LogP contribution in [0.3, 0.4) is 0 Å². The molecule has 0 aliphatic heterocycles. The highest BCUT2D eigenvalue weighted by atomic mass is 15.2. The first-order valence-corrected chi connectivity index (χ1v) is 5.14. The van der Waals surface area contributed by atoms with Crippen molar-refractivity contribution in [2.45, 2.75) is 25.4 Å². The van der Waals surface area contributed by atoms with Gasteiger partial charge in [0, 0.05) is 31.4 Å². The number of aromatic nitrogens is 1. The highest BCUT2D eigenvalue weighted by Gasteiger charge is 2.28. The number of anilines is 1. The van der Waals surface area contributed by atoms with Crippen LogP contribution in [0, 0.1) is 0 Å². The SMILES string of the molecule is CNCc1cccnc1N(C)C1CC1. The molecule has 1 aromatic rings. The van der Waals surface area contributed by atoms with E-state index >= 15 is 0 Å². The van der Waals surface area contributed by atoms with Gasteiger partial charge in [0.15, 0.2) is 0 Å². The van der Waals surface area contributed by atoms with Gasteiger partial charge in [0.2, 0.25) is 0 Å². The Morgan fingerprint density at radius 1 is 1.57 bits per heavy atom. The Bertz CT molecular complexity index is 307. The van der Waals surface area contributed by atoms with Crippen LogP contribution in [0.15, 0.2) is 18.3 Å². The zero-order chi connectivity index (χ0) is 9.97. The van der Waals surface area contributed by atoms with Crippen molar-refractivity contribution in [3.8, 4) is 0 Å². The van der Waals surface area contributed by atoms with Crippen molar-refractivity contribution in [3.63, 3.8) is 0 Å². The average Bonchev–Trinajstić information content (AvgIpc) is 3.01. The fourth-order valence-electron chi connectivity index (χ4n) is 1.71. The Kier molecular flexibility index (Phi) is 2.68. The van der Waals surface area contributed by atoms with E-state index in [4.69, 9.17) is 0 Å². The molecule has 3 heteroatoms. The number of nitrogens with one attached hydrogen (secondary N) is 1. The van der Waals surface area contributed by atoms with Gasteiger partial charge in [-0.3, -0.25) is 0 Å². The number of rotatable bonds is 4. The van der Waals surface area contributed by atoms with E-state index in [1.807, 2.05) is 19.3 Å². The fraction of sp³-hybridized carbons (Fsp3) is 0.545. The van der Waals surface area contributed by atoms with Crippen molar-refractivity contribution in [2.24, 2.45) is 0 Å². The molecule has 3 nitrogen and oxygen atoms in total. The third-order valence-electron chi connectivity index (χ3n) is 2.66. The molecular formula is C11H17N3. The van der Waals surface area contributed by atoms with Gasteiger partial charge >= 0.3 is 0 Å². The molecule has 76 valence electrons. The molecule has 1 aliphatic carbocycles. The Morgan fingerprint density at radius 3 is 3.00 bits per heavy atom. The molecule has 0 radical (unpaired) electrons. The average molecular weight is 191 g/mol. The Hall–Kier alpha value is -1.09. The first-order valence-electron chi connectivity index (χ1n) is 5.14. The molecule has 0 saturated heterocycles. The van der Waals surface area contributed by atoms with Crippen LogP contribution in [0.2, 0.25) is 0 Å². The first-order chi connectivity index (χ1) is 6.83. The summed E-state index contributed by atoms with van der Waals surface area (Å²) in [5.41, 5.74) is 1.28. The molecule has 0 aromatic carbocycles. The highest BCUT2D eigenvalue weighted by Crippen LogP contribution is 2.30. The topological polar surface area (TPSA) is 28.2 Å². The van der Waals surface area contributed by atoms with Crippen molar-refractivity contribution >= 4 is 5.82 Å². The number of nitrogens with zero attached hydrogens (tertiary/aromatic N) is 2. The third kappa shape index (κ3) is 1.87. The van der Waals surface area contributed by atoms with E-state index in [-0.39, 0.29) is 0 Å². The summed E-state index contributed by atoms with van der Waals surface area (Å²) in [5.74, 6) is 1.13. The molecule has 1 aromatic heterocycles. The van der Waals surface area contributed by atoms with E-state index in [1.165, 1.54) is 18.4 Å². The van der Waals surface area contributed by atoms with Crippen LogP contribution in [0.25, 0.3) is 0 Å². The minimum atomic E-state index is 0.723. The zero-order valence-electron chi connectivity index (χ0n) is 8.83. The van der Waals surface area contributed by atoms with Gasteiger partial charge in [-0.05, 0) is 26.0 Å². The Balaban J connectivity index is 2.20. The van der Waals surface area contributed by atoms with Crippen molar-refractivity contribution < 1.29 is 0 Å². The van der Waals surface area contributed by atoms with E-state index in [0.717, 1.165) is 18.4 Å². The van der Waals surface area contributed by atoms with Crippen LogP contribution in [-0.4, -0.2) is 25.1 Å². The highest BCUT2D eigenvalue weighted by molar-refractivity contribution is 5.47. The summed E-state index contributed by atoms with van der Waals surface area (Å²) in [5, 5.41) is 3.17. The van der Waals surface area contributed by atoms with E-state index in [1.54, 1.807) is 0 Å². The van der Waals surface area contributed by atoms with Gasteiger partial charge in [0.25, 0.3) is 0 Å². The van der Waals surface area contributed by atoms with Crippen molar-refractivity contribution in [3.05, 3.63) is 23.9 Å². The maximum absolute atomic E-state index is 4.44. The van der Waals surface area contributed by atoms with Crippen molar-refractivity contribution in [2.75, 3.05) is 19.0 Å². The standard InChI is InChI=1S/C11H17N3/c1-12-8-9-4-3-7-13-11(9)14(2)10-5-6-10/h3-4,7,10,12H,5-6,8H2,1-2H3. The summed E-state index contributed by atoms with van der Waals surface area (Å²) < 4.78 is 0. The van der Waals surface area contributed by atoms with Gasteiger partial charge in [0.1, 0.15) is 5.82 Å². The number of hydrogen-bond donors (Lipinski definition) is 1. The van der Waals surface area contributed by atoms with Crippen molar-refractivity contribution in [1.82, 2.24) is 10.3 Å². The first kappa shape index (κ1) is 9.46. The minimum absolute atomic E-state index is 0.723. The largest absolute Gasteiger partial charge is 0.356 e. The molecule has 1 saturated carbocycles. The second kappa shape index (κ2) is 3.96. The number of hydrogen-bond acceptors (Lipinski definition) is 3. The van der Waals surface area contributed by atoms with Gasteiger partial charge in [-0.1, -0.05) is 6.07 Å². The molecule has 0 spiro atoms. The van der Waals surface area contributed by atoms with Crippen LogP contribution in [0.5, 0.6) is 0 Å². The summed E-state index contributed by atoms with van der Waals surface area (Å²) in [6.45, 7) is 0.889. The lowest BCUT2D eigenvalue weighted by Gasteiger charge is -2.20. The zero-order valence-corrected chi connectivity index (χ0v) is 8.83. The van der Waals surface area contributed by atoms with Gasteiger partial charge in [0.05, 0.1) is 0 Å². The lowest BCUT2D eigenvalue weighted by Crippen LogP contribution is -2.23.